The predicted molar refractivity (Wildman–Crippen MR) is 100 cm³/mol. The number of hydrogen-bond donors (Lipinski definition) is 2. The molecule has 0 bridgehead atoms. The van der Waals surface area contributed by atoms with Crippen molar-refractivity contribution in [3.8, 4) is 23.0 Å². The number of carbonyl (C=O) groups excluding carboxylic acids is 2. The van der Waals surface area contributed by atoms with E-state index in [1.165, 1.54) is 60.4 Å². The zero-order chi connectivity index (χ0) is 21.0. The van der Waals surface area contributed by atoms with Crippen molar-refractivity contribution in [3.05, 3.63) is 60.2 Å². The highest BCUT2D eigenvalue weighted by Crippen LogP contribution is 2.24. The normalized spacial score (nSPS) is 10.2. The van der Waals surface area contributed by atoms with Crippen LogP contribution in [-0.2, 0) is 13.1 Å². The number of phenols is 2. The molecule has 3 aromatic rings. The number of nitrogens with zero attached hydrogens (tertiary/aromatic N) is 3. The average molecular weight is 478 g/mol. The molecule has 0 unspecified atom stereocenters. The van der Waals surface area contributed by atoms with Gasteiger partial charge < -0.3 is 36.7 Å². The van der Waals surface area contributed by atoms with Crippen LogP contribution in [-0.4, -0.2) is 45.8 Å². The summed E-state index contributed by atoms with van der Waals surface area (Å²) in [7, 11) is 2.93. The number of phenolic OH excluding ortho intramolecular Hbond substituents is 2. The summed E-state index contributed by atoms with van der Waals surface area (Å²) in [5.74, 6) is -0.142. The summed E-state index contributed by atoms with van der Waals surface area (Å²) in [4.78, 5) is 24.8. The molecule has 10 heteroatoms. The number of aromatic hydroxyl groups is 2. The Balaban J connectivity index is 0.00000320. The van der Waals surface area contributed by atoms with Crippen LogP contribution in [0.15, 0.2) is 49.1 Å². The van der Waals surface area contributed by atoms with Gasteiger partial charge in [0.15, 0.2) is 6.54 Å². The zero-order valence-corrected chi connectivity index (χ0v) is 17.9. The second kappa shape index (κ2) is 9.88. The topological polar surface area (TPSA) is 115 Å². The van der Waals surface area contributed by atoms with Crippen molar-refractivity contribution in [2.75, 3.05) is 14.2 Å². The second-order valence-electron chi connectivity index (χ2n) is 6.23. The van der Waals surface area contributed by atoms with Crippen LogP contribution >= 0.6 is 0 Å². The van der Waals surface area contributed by atoms with Gasteiger partial charge in [0, 0.05) is 17.2 Å². The fraction of sp³-hybridized carbons (Fsp3) is 0.200. The first-order valence-electron chi connectivity index (χ1n) is 8.63. The molecular formula is C20H20BrN3O6. The van der Waals surface area contributed by atoms with E-state index in [-0.39, 0.29) is 64.3 Å². The minimum Gasteiger partial charge on any atom is -1.00 e. The number of hydrogen-bond acceptors (Lipinski definition) is 7. The van der Waals surface area contributed by atoms with Crippen LogP contribution in [0.5, 0.6) is 23.0 Å². The standard InChI is InChI=1S/C20H19N3O6.BrH/c1-28-13-3-5-15(17(24)7-13)19(26)9-22-11-21-23(12-22)10-20(27)16-6-4-14(29-2)8-18(16)25;/h3-8,11-12H,9-10H2,1-2H3,(H-,24,25,26,27);1H. The molecule has 2 aromatic carbocycles. The van der Waals surface area contributed by atoms with Gasteiger partial charge in [-0.25, -0.2) is 4.57 Å². The first kappa shape index (κ1) is 22.9. The highest BCUT2D eigenvalue weighted by Gasteiger charge is 2.19. The molecule has 0 atom stereocenters. The third-order valence-electron chi connectivity index (χ3n) is 4.27. The molecular weight excluding hydrogens is 458 g/mol. The van der Waals surface area contributed by atoms with Gasteiger partial charge in [-0.2, -0.15) is 0 Å². The molecule has 0 aliphatic rings. The van der Waals surface area contributed by atoms with E-state index in [2.05, 4.69) is 5.10 Å². The molecule has 0 saturated carbocycles. The fourth-order valence-corrected chi connectivity index (χ4v) is 2.76. The Morgan fingerprint density at radius 1 is 0.967 bits per heavy atom. The number of halogens is 1. The zero-order valence-electron chi connectivity index (χ0n) is 16.3. The number of benzene rings is 2. The Morgan fingerprint density at radius 2 is 1.50 bits per heavy atom. The molecule has 158 valence electrons. The van der Waals surface area contributed by atoms with Gasteiger partial charge in [0.25, 0.3) is 6.33 Å². The quantitative estimate of drug-likeness (QED) is 0.295. The Bertz CT molecular complexity index is 984. The summed E-state index contributed by atoms with van der Waals surface area (Å²) in [6.45, 7) is -0.184. The predicted octanol–water partition coefficient (Wildman–Crippen LogP) is -1.63. The van der Waals surface area contributed by atoms with Gasteiger partial charge in [-0.15, -0.1) is 4.68 Å². The van der Waals surface area contributed by atoms with Crippen LogP contribution in [0.2, 0.25) is 0 Å². The fourth-order valence-electron chi connectivity index (χ4n) is 2.76. The summed E-state index contributed by atoms with van der Waals surface area (Å²) in [5.41, 5.74) is 0.303. The number of rotatable bonds is 8. The van der Waals surface area contributed by atoms with E-state index < -0.39 is 0 Å². The van der Waals surface area contributed by atoms with Crippen molar-refractivity contribution >= 4 is 11.6 Å². The second-order valence-corrected chi connectivity index (χ2v) is 6.23. The monoisotopic (exact) mass is 477 g/mol. The molecule has 0 amide bonds. The summed E-state index contributed by atoms with van der Waals surface area (Å²) >= 11 is 0. The van der Waals surface area contributed by atoms with Crippen LogP contribution in [0.4, 0.5) is 0 Å². The van der Waals surface area contributed by atoms with Gasteiger partial charge in [0.2, 0.25) is 17.9 Å². The van der Waals surface area contributed by atoms with Gasteiger partial charge >= 0.3 is 0 Å². The van der Waals surface area contributed by atoms with Crippen molar-refractivity contribution in [2.45, 2.75) is 13.1 Å². The molecule has 0 fully saturated rings. The van der Waals surface area contributed by atoms with Crippen molar-refractivity contribution in [3.63, 3.8) is 0 Å². The van der Waals surface area contributed by atoms with Crippen molar-refractivity contribution in [1.82, 2.24) is 9.78 Å². The Labute approximate surface area is 182 Å². The van der Waals surface area contributed by atoms with E-state index in [0.29, 0.717) is 11.5 Å². The van der Waals surface area contributed by atoms with Gasteiger partial charge in [0.05, 0.1) is 25.3 Å². The third-order valence-corrected chi connectivity index (χ3v) is 4.27. The third kappa shape index (κ3) is 5.15. The Morgan fingerprint density at radius 3 is 2.00 bits per heavy atom. The summed E-state index contributed by atoms with van der Waals surface area (Å²) in [6, 6.07) is 8.84. The lowest BCUT2D eigenvalue weighted by Crippen LogP contribution is -3.00. The van der Waals surface area contributed by atoms with E-state index in [9.17, 15) is 19.8 Å². The highest BCUT2D eigenvalue weighted by atomic mass is 79.9. The van der Waals surface area contributed by atoms with Crippen LogP contribution in [0.25, 0.3) is 0 Å². The summed E-state index contributed by atoms with van der Waals surface area (Å²) < 4.78 is 12.8. The van der Waals surface area contributed by atoms with Gasteiger partial charge in [-0.3, -0.25) is 9.59 Å². The maximum Gasteiger partial charge on any atom is 0.265 e. The Kier molecular flexibility index (Phi) is 7.54. The lowest BCUT2D eigenvalue weighted by Gasteiger charge is -2.05. The number of ketones is 2. The smallest absolute Gasteiger partial charge is 0.265 e. The molecule has 1 aromatic heterocycles. The molecule has 9 nitrogen and oxygen atoms in total. The van der Waals surface area contributed by atoms with Gasteiger partial charge in [0.1, 0.15) is 29.5 Å². The van der Waals surface area contributed by atoms with Crippen LogP contribution < -0.4 is 31.0 Å². The van der Waals surface area contributed by atoms with E-state index >= 15 is 0 Å². The number of Topliss-reactive ketones (excluding diaryl/α,β-unsaturated/α-hetero) is 2. The van der Waals surface area contributed by atoms with Crippen molar-refractivity contribution in [2.24, 2.45) is 0 Å². The van der Waals surface area contributed by atoms with Crippen LogP contribution in [0.1, 0.15) is 20.7 Å². The van der Waals surface area contributed by atoms with E-state index in [4.69, 9.17) is 9.47 Å². The molecule has 2 N–H and O–H groups in total. The lowest BCUT2D eigenvalue weighted by atomic mass is 10.1. The van der Waals surface area contributed by atoms with Crippen molar-refractivity contribution in [1.29, 1.82) is 0 Å². The minimum absolute atomic E-state index is 0. The minimum atomic E-state index is -0.348. The molecule has 0 aliphatic heterocycles. The largest absolute Gasteiger partial charge is 1.00 e. The number of ether oxygens (including phenoxy) is 2. The number of methoxy groups -OCH3 is 2. The highest BCUT2D eigenvalue weighted by molar-refractivity contribution is 5.98. The molecule has 1 heterocycles. The Hall–Kier alpha value is -3.40. The summed E-state index contributed by atoms with van der Waals surface area (Å²) in [5, 5.41) is 24.0. The SMILES string of the molecule is COc1ccc(C(=O)Cn2c[n+](CC(=O)c3ccc(OC)cc3O)cn2)c(O)c1.[Br-]. The first-order valence-corrected chi connectivity index (χ1v) is 8.63. The molecule has 0 radical (unpaired) electrons. The maximum atomic E-state index is 12.4. The summed E-state index contributed by atoms with van der Waals surface area (Å²) in [6.07, 6.45) is 2.90. The van der Waals surface area contributed by atoms with Gasteiger partial charge in [-0.05, 0) is 24.3 Å². The van der Waals surface area contributed by atoms with E-state index in [1.54, 1.807) is 12.1 Å². The molecule has 0 saturated heterocycles. The number of carbonyl (C=O) groups is 2. The van der Waals surface area contributed by atoms with E-state index in [1.807, 2.05) is 0 Å². The lowest BCUT2D eigenvalue weighted by molar-refractivity contribution is -0.683. The molecule has 3 rings (SSSR count). The maximum absolute atomic E-state index is 12.4. The van der Waals surface area contributed by atoms with Crippen LogP contribution in [0.3, 0.4) is 0 Å². The first-order chi connectivity index (χ1) is 13.9. The molecule has 0 aliphatic carbocycles. The van der Waals surface area contributed by atoms with Crippen LogP contribution in [0, 0.1) is 0 Å². The molecule has 30 heavy (non-hydrogen) atoms. The van der Waals surface area contributed by atoms with Gasteiger partial charge in [-0.1, -0.05) is 0 Å². The van der Waals surface area contributed by atoms with Crippen molar-refractivity contribution < 1.29 is 50.8 Å². The average Bonchev–Trinajstić information content (AvgIpc) is 3.13. The van der Waals surface area contributed by atoms with E-state index in [0.717, 1.165) is 0 Å². The number of aromatic nitrogens is 3. The molecule has 0 spiro atoms.